The van der Waals surface area contributed by atoms with Crippen molar-refractivity contribution >= 4 is 22.4 Å². The molecule has 1 aliphatic rings. The van der Waals surface area contributed by atoms with Gasteiger partial charge in [0.2, 0.25) is 5.91 Å². The van der Waals surface area contributed by atoms with E-state index in [-0.39, 0.29) is 5.91 Å². The first kappa shape index (κ1) is 14.2. The van der Waals surface area contributed by atoms with Crippen LogP contribution < -0.4 is 11.1 Å². The minimum absolute atomic E-state index is 0.181. The van der Waals surface area contributed by atoms with Gasteiger partial charge in [0.05, 0.1) is 4.88 Å². The summed E-state index contributed by atoms with van der Waals surface area (Å²) in [4.78, 5) is 17.6. The number of amides is 1. The van der Waals surface area contributed by atoms with Gasteiger partial charge >= 0.3 is 0 Å². The van der Waals surface area contributed by atoms with Gasteiger partial charge in [-0.2, -0.15) is 0 Å². The Morgan fingerprint density at radius 3 is 2.71 bits per heavy atom. The van der Waals surface area contributed by atoms with Gasteiger partial charge in [-0.15, -0.1) is 0 Å². The number of nitrogens with zero attached hydrogens (tertiary/aromatic N) is 1. The Morgan fingerprint density at radius 1 is 1.29 bits per heavy atom. The smallest absolute Gasteiger partial charge is 0.246 e. The molecule has 1 saturated heterocycles. The fraction of sp³-hybridized carbons (Fsp3) is 0.333. The van der Waals surface area contributed by atoms with E-state index in [2.05, 4.69) is 10.3 Å². The van der Waals surface area contributed by atoms with Crippen LogP contribution in [0.2, 0.25) is 0 Å². The monoisotopic (exact) mass is 303 g/mol. The molecule has 5 nitrogen and oxygen atoms in total. The summed E-state index contributed by atoms with van der Waals surface area (Å²) in [5, 5.41) is 3.41. The molecule has 0 bridgehead atoms. The van der Waals surface area contributed by atoms with Crippen LogP contribution in [-0.4, -0.2) is 29.6 Å². The highest BCUT2D eigenvalue weighted by Gasteiger charge is 2.36. The molecule has 1 aliphatic heterocycles. The van der Waals surface area contributed by atoms with Gasteiger partial charge in [0.1, 0.15) is 5.54 Å². The Balaban J connectivity index is 1.71. The molecule has 2 heterocycles. The number of hydrogen-bond donors (Lipinski definition) is 2. The van der Waals surface area contributed by atoms with Gasteiger partial charge in [0.15, 0.2) is 5.13 Å². The highest BCUT2D eigenvalue weighted by atomic mass is 32.1. The molecule has 0 spiro atoms. The fourth-order valence-corrected chi connectivity index (χ4v) is 3.07. The number of ether oxygens (including phenoxy) is 1. The van der Waals surface area contributed by atoms with Crippen LogP contribution in [-0.2, 0) is 9.53 Å². The predicted octanol–water partition coefficient (Wildman–Crippen LogP) is 2.26. The standard InChI is InChI=1S/C15H17N3O2S/c16-15(6-8-20-9-7-15)13(19)18-14-17-10-12(21-14)11-4-2-1-3-5-11/h1-5,10H,6-9,16H2,(H,17,18,19). The van der Waals surface area contributed by atoms with Crippen LogP contribution in [0.3, 0.4) is 0 Å². The minimum Gasteiger partial charge on any atom is -0.381 e. The molecule has 1 aromatic carbocycles. The summed E-state index contributed by atoms with van der Waals surface area (Å²) in [5.74, 6) is -0.181. The average molecular weight is 303 g/mol. The van der Waals surface area contributed by atoms with Crippen LogP contribution >= 0.6 is 11.3 Å². The summed E-state index contributed by atoms with van der Waals surface area (Å²) in [5.41, 5.74) is 6.39. The van der Waals surface area contributed by atoms with Gasteiger partial charge < -0.3 is 15.8 Å². The molecule has 6 heteroatoms. The molecule has 21 heavy (non-hydrogen) atoms. The summed E-state index contributed by atoms with van der Waals surface area (Å²) in [6.07, 6.45) is 2.84. The van der Waals surface area contributed by atoms with Gasteiger partial charge in [-0.3, -0.25) is 4.79 Å². The van der Waals surface area contributed by atoms with E-state index in [4.69, 9.17) is 10.5 Å². The largest absolute Gasteiger partial charge is 0.381 e. The lowest BCUT2D eigenvalue weighted by molar-refractivity contribution is -0.124. The Kier molecular flexibility index (Phi) is 4.01. The van der Waals surface area contributed by atoms with Crippen LogP contribution in [0.5, 0.6) is 0 Å². The molecule has 2 aromatic rings. The van der Waals surface area contributed by atoms with Crippen LogP contribution in [0.4, 0.5) is 5.13 Å². The van der Waals surface area contributed by atoms with Crippen molar-refractivity contribution in [1.82, 2.24) is 4.98 Å². The molecular weight excluding hydrogens is 286 g/mol. The zero-order chi connectivity index (χ0) is 14.7. The number of carbonyl (C=O) groups is 1. The van der Waals surface area contributed by atoms with E-state index in [0.29, 0.717) is 31.2 Å². The van der Waals surface area contributed by atoms with Crippen LogP contribution in [0.1, 0.15) is 12.8 Å². The van der Waals surface area contributed by atoms with Crippen LogP contribution in [0, 0.1) is 0 Å². The fourth-order valence-electron chi connectivity index (χ4n) is 2.25. The number of nitrogens with one attached hydrogen (secondary N) is 1. The van der Waals surface area contributed by atoms with Crippen molar-refractivity contribution in [3.8, 4) is 10.4 Å². The third-order valence-electron chi connectivity index (χ3n) is 3.62. The number of hydrogen-bond acceptors (Lipinski definition) is 5. The lowest BCUT2D eigenvalue weighted by Crippen LogP contribution is -2.54. The van der Waals surface area contributed by atoms with Crippen LogP contribution in [0.25, 0.3) is 10.4 Å². The molecule has 0 aliphatic carbocycles. The molecular formula is C15H17N3O2S. The third-order valence-corrected chi connectivity index (χ3v) is 4.58. The Morgan fingerprint density at radius 2 is 2.00 bits per heavy atom. The first-order valence-electron chi connectivity index (χ1n) is 6.87. The zero-order valence-electron chi connectivity index (χ0n) is 11.5. The Bertz CT molecular complexity index is 621. The van der Waals surface area contributed by atoms with E-state index >= 15 is 0 Å². The number of anilines is 1. The second-order valence-electron chi connectivity index (χ2n) is 5.12. The Hall–Kier alpha value is -1.76. The van der Waals surface area contributed by atoms with Crippen molar-refractivity contribution in [2.75, 3.05) is 18.5 Å². The summed E-state index contributed by atoms with van der Waals surface area (Å²) in [7, 11) is 0. The first-order chi connectivity index (χ1) is 10.2. The van der Waals surface area contributed by atoms with E-state index in [0.717, 1.165) is 10.4 Å². The molecule has 3 rings (SSSR count). The molecule has 110 valence electrons. The van der Waals surface area contributed by atoms with Crippen LogP contribution in [0.15, 0.2) is 36.5 Å². The number of thiazole rings is 1. The SMILES string of the molecule is NC1(C(=O)Nc2ncc(-c3ccccc3)s2)CCOCC1. The van der Waals surface area contributed by atoms with Crippen molar-refractivity contribution in [3.63, 3.8) is 0 Å². The van der Waals surface area contributed by atoms with E-state index in [1.807, 2.05) is 30.3 Å². The summed E-state index contributed by atoms with van der Waals surface area (Å²) in [6.45, 7) is 1.05. The first-order valence-corrected chi connectivity index (χ1v) is 7.68. The molecule has 0 radical (unpaired) electrons. The number of rotatable bonds is 3. The normalized spacial score (nSPS) is 17.4. The molecule has 3 N–H and O–H groups in total. The zero-order valence-corrected chi connectivity index (χ0v) is 12.4. The van der Waals surface area contributed by atoms with Crippen molar-refractivity contribution in [2.24, 2.45) is 5.73 Å². The van der Waals surface area contributed by atoms with Crippen molar-refractivity contribution in [2.45, 2.75) is 18.4 Å². The molecule has 1 amide bonds. The van der Waals surface area contributed by atoms with Gasteiger partial charge in [0.25, 0.3) is 0 Å². The molecule has 1 aromatic heterocycles. The lowest BCUT2D eigenvalue weighted by Gasteiger charge is -2.31. The quantitative estimate of drug-likeness (QED) is 0.912. The molecule has 0 saturated carbocycles. The number of aromatic nitrogens is 1. The highest BCUT2D eigenvalue weighted by molar-refractivity contribution is 7.19. The number of nitrogens with two attached hydrogens (primary N) is 1. The minimum atomic E-state index is -0.850. The second kappa shape index (κ2) is 5.93. The van der Waals surface area contributed by atoms with E-state index in [1.165, 1.54) is 11.3 Å². The van der Waals surface area contributed by atoms with Gasteiger partial charge in [0, 0.05) is 19.4 Å². The van der Waals surface area contributed by atoms with Crippen molar-refractivity contribution in [3.05, 3.63) is 36.5 Å². The summed E-state index contributed by atoms with van der Waals surface area (Å²) >= 11 is 1.45. The average Bonchev–Trinajstić information content (AvgIpc) is 2.97. The lowest BCUT2D eigenvalue weighted by atomic mass is 9.90. The van der Waals surface area contributed by atoms with Gasteiger partial charge in [-0.1, -0.05) is 41.7 Å². The third kappa shape index (κ3) is 3.12. The van der Waals surface area contributed by atoms with E-state index < -0.39 is 5.54 Å². The summed E-state index contributed by atoms with van der Waals surface area (Å²) in [6, 6.07) is 9.95. The highest BCUT2D eigenvalue weighted by Crippen LogP contribution is 2.29. The van der Waals surface area contributed by atoms with Crippen molar-refractivity contribution < 1.29 is 9.53 Å². The van der Waals surface area contributed by atoms with Gasteiger partial charge in [-0.05, 0) is 18.4 Å². The van der Waals surface area contributed by atoms with E-state index in [9.17, 15) is 4.79 Å². The second-order valence-corrected chi connectivity index (χ2v) is 6.15. The predicted molar refractivity (Wildman–Crippen MR) is 83.2 cm³/mol. The maximum atomic E-state index is 12.3. The molecule has 0 unspecified atom stereocenters. The topological polar surface area (TPSA) is 77.2 Å². The maximum Gasteiger partial charge on any atom is 0.246 e. The summed E-state index contributed by atoms with van der Waals surface area (Å²) < 4.78 is 5.25. The van der Waals surface area contributed by atoms with Crippen molar-refractivity contribution in [1.29, 1.82) is 0 Å². The van der Waals surface area contributed by atoms with E-state index in [1.54, 1.807) is 6.20 Å². The number of carbonyl (C=O) groups excluding carboxylic acids is 1. The maximum absolute atomic E-state index is 12.3. The number of benzene rings is 1. The molecule has 1 fully saturated rings. The Labute approximate surface area is 127 Å². The van der Waals surface area contributed by atoms with Gasteiger partial charge in [-0.25, -0.2) is 4.98 Å². The molecule has 0 atom stereocenters.